The predicted octanol–water partition coefficient (Wildman–Crippen LogP) is 5.88. The van der Waals surface area contributed by atoms with Crippen molar-refractivity contribution in [2.45, 2.75) is 6.92 Å². The van der Waals surface area contributed by atoms with Crippen molar-refractivity contribution in [3.05, 3.63) is 111 Å². The molecule has 0 aliphatic rings. The van der Waals surface area contributed by atoms with Gasteiger partial charge < -0.3 is 5.32 Å². The van der Waals surface area contributed by atoms with Gasteiger partial charge in [0.2, 0.25) is 0 Å². The molecule has 5 aromatic rings. The summed E-state index contributed by atoms with van der Waals surface area (Å²) < 4.78 is 0. The molecular weight excluding hydrogens is 472 g/mol. The fourth-order valence-corrected chi connectivity index (χ4v) is 4.49. The maximum absolute atomic E-state index is 13.2. The highest BCUT2D eigenvalue weighted by atomic mass is 32.1. The second-order valence-electron chi connectivity index (χ2n) is 8.04. The zero-order chi connectivity index (χ0) is 25.1. The van der Waals surface area contributed by atoms with Gasteiger partial charge in [-0.1, -0.05) is 24.3 Å². The Morgan fingerprint density at radius 1 is 0.889 bits per heavy atom. The Bertz CT molecular complexity index is 1630. The van der Waals surface area contributed by atoms with E-state index in [1.165, 1.54) is 6.92 Å². The molecule has 3 aromatic heterocycles. The number of hydrogen-bond acceptors (Lipinski definition) is 6. The Balaban J connectivity index is 1.34. The van der Waals surface area contributed by atoms with Crippen LogP contribution in [0.25, 0.3) is 23.1 Å². The zero-order valence-corrected chi connectivity index (χ0v) is 20.0. The third kappa shape index (κ3) is 4.89. The van der Waals surface area contributed by atoms with Crippen LogP contribution in [0.2, 0.25) is 0 Å². The minimum atomic E-state index is -0.331. The molecule has 0 fully saturated rings. The summed E-state index contributed by atoms with van der Waals surface area (Å²) in [4.78, 5) is 42.5. The molecule has 0 aliphatic carbocycles. The lowest BCUT2D eigenvalue weighted by Gasteiger charge is -2.07. The van der Waals surface area contributed by atoms with E-state index < -0.39 is 0 Å². The smallest absolute Gasteiger partial charge is 0.265 e. The van der Waals surface area contributed by atoms with E-state index in [1.54, 1.807) is 54.7 Å². The summed E-state index contributed by atoms with van der Waals surface area (Å²) in [5, 5.41) is 11.0. The molecule has 0 atom stereocenters. The summed E-state index contributed by atoms with van der Waals surface area (Å²) in [6.45, 7) is 1.46. The summed E-state index contributed by atoms with van der Waals surface area (Å²) >= 11 is 1.13. The van der Waals surface area contributed by atoms with E-state index in [9.17, 15) is 14.4 Å². The summed E-state index contributed by atoms with van der Waals surface area (Å²) in [6.07, 6.45) is 5.49. The van der Waals surface area contributed by atoms with Gasteiger partial charge in [-0.2, -0.15) is 5.10 Å². The largest absolute Gasteiger partial charge is 0.321 e. The van der Waals surface area contributed by atoms with Crippen LogP contribution in [-0.4, -0.2) is 32.7 Å². The first-order chi connectivity index (χ1) is 17.5. The molecule has 0 saturated carbocycles. The quantitative estimate of drug-likeness (QED) is 0.276. The Morgan fingerprint density at radius 2 is 1.72 bits per heavy atom. The normalized spacial score (nSPS) is 11.1. The minimum Gasteiger partial charge on any atom is -0.321 e. The van der Waals surface area contributed by atoms with Crippen LogP contribution in [0.1, 0.15) is 53.6 Å². The van der Waals surface area contributed by atoms with Crippen molar-refractivity contribution in [3.8, 4) is 0 Å². The number of anilines is 1. The summed E-state index contributed by atoms with van der Waals surface area (Å²) in [5.74, 6) is -0.595. The van der Waals surface area contributed by atoms with Crippen LogP contribution >= 0.6 is 11.3 Å². The van der Waals surface area contributed by atoms with Gasteiger partial charge in [0, 0.05) is 28.4 Å². The van der Waals surface area contributed by atoms with E-state index in [1.807, 2.05) is 36.4 Å². The third-order valence-electron chi connectivity index (χ3n) is 5.51. The standard InChI is InChI=1S/C28H20N4O3S/c1-17(33)25-12-13-26(36-25)28(35)30-21-7-4-5-18(15-21)27(34)19-8-10-22-23(31-32-24(22)16-19)11-9-20-6-2-3-14-29-20/h2-16H,1H3,(H,30,35)(H,31,32). The van der Waals surface area contributed by atoms with Crippen LogP contribution in [-0.2, 0) is 0 Å². The van der Waals surface area contributed by atoms with Crippen LogP contribution in [0.4, 0.5) is 5.69 Å². The highest BCUT2D eigenvalue weighted by Crippen LogP contribution is 2.23. The van der Waals surface area contributed by atoms with E-state index in [0.29, 0.717) is 26.6 Å². The van der Waals surface area contributed by atoms with Crippen LogP contribution in [0, 0.1) is 0 Å². The van der Waals surface area contributed by atoms with Crippen molar-refractivity contribution in [3.63, 3.8) is 0 Å². The fourth-order valence-electron chi connectivity index (χ4n) is 3.69. The second kappa shape index (κ2) is 9.89. The first-order valence-electron chi connectivity index (χ1n) is 11.1. The lowest BCUT2D eigenvalue weighted by atomic mass is 10.0. The van der Waals surface area contributed by atoms with Crippen molar-refractivity contribution in [1.29, 1.82) is 0 Å². The number of fused-ring (bicyclic) bond motifs is 1. The molecule has 0 unspecified atom stereocenters. The highest BCUT2D eigenvalue weighted by Gasteiger charge is 2.15. The average molecular weight is 493 g/mol. The van der Waals surface area contributed by atoms with Crippen LogP contribution < -0.4 is 5.32 Å². The lowest BCUT2D eigenvalue weighted by molar-refractivity contribution is 0.101. The number of amides is 1. The SMILES string of the molecule is CC(=O)c1ccc(C(=O)Nc2cccc(C(=O)c3ccc4c(C=Cc5ccccn5)n[nH]c4c3)c2)s1. The zero-order valence-electron chi connectivity index (χ0n) is 19.2. The van der Waals surface area contributed by atoms with Crippen molar-refractivity contribution >= 4 is 57.6 Å². The summed E-state index contributed by atoms with van der Waals surface area (Å²) in [5.41, 5.74) is 3.75. The lowest BCUT2D eigenvalue weighted by Crippen LogP contribution is -2.11. The Hall–Kier alpha value is -4.69. The van der Waals surface area contributed by atoms with Crippen molar-refractivity contribution in [2.24, 2.45) is 0 Å². The fraction of sp³-hybridized carbons (Fsp3) is 0.0357. The molecule has 8 heteroatoms. The van der Waals surface area contributed by atoms with Crippen LogP contribution in [0.3, 0.4) is 0 Å². The molecule has 3 heterocycles. The first-order valence-corrected chi connectivity index (χ1v) is 11.9. The van der Waals surface area contributed by atoms with Crippen molar-refractivity contribution in [2.75, 3.05) is 5.32 Å². The third-order valence-corrected chi connectivity index (χ3v) is 6.70. The topological polar surface area (TPSA) is 105 Å². The number of H-pyrrole nitrogens is 1. The molecule has 0 radical (unpaired) electrons. The maximum Gasteiger partial charge on any atom is 0.265 e. The number of ketones is 2. The number of thiophene rings is 1. The van der Waals surface area contributed by atoms with Gasteiger partial charge in [-0.15, -0.1) is 11.3 Å². The molecule has 0 saturated heterocycles. The van der Waals surface area contributed by atoms with Gasteiger partial charge in [0.1, 0.15) is 0 Å². The van der Waals surface area contributed by atoms with Crippen molar-refractivity contribution in [1.82, 2.24) is 15.2 Å². The van der Waals surface area contributed by atoms with Gasteiger partial charge in [0.15, 0.2) is 11.6 Å². The molecular formula is C28H20N4O3S. The molecule has 2 aromatic carbocycles. The van der Waals surface area contributed by atoms with Crippen molar-refractivity contribution < 1.29 is 14.4 Å². The van der Waals surface area contributed by atoms with Gasteiger partial charge in [0.25, 0.3) is 5.91 Å². The molecule has 36 heavy (non-hydrogen) atoms. The highest BCUT2D eigenvalue weighted by molar-refractivity contribution is 7.16. The van der Waals surface area contributed by atoms with E-state index in [2.05, 4.69) is 20.5 Å². The Kier molecular flexibility index (Phi) is 6.34. The Morgan fingerprint density at radius 3 is 2.50 bits per heavy atom. The number of nitrogens with zero attached hydrogens (tertiary/aromatic N) is 2. The molecule has 5 rings (SSSR count). The number of benzene rings is 2. The van der Waals surface area contributed by atoms with Crippen LogP contribution in [0.15, 0.2) is 79.0 Å². The number of Topliss-reactive ketones (excluding diaryl/α,β-unsaturated/α-hetero) is 1. The van der Waals surface area contributed by atoms with E-state index in [-0.39, 0.29) is 17.5 Å². The molecule has 0 spiro atoms. The van der Waals surface area contributed by atoms with Gasteiger partial charge in [0.05, 0.1) is 26.7 Å². The monoisotopic (exact) mass is 492 g/mol. The molecule has 7 nitrogen and oxygen atoms in total. The maximum atomic E-state index is 13.2. The number of carbonyl (C=O) groups is 3. The van der Waals surface area contributed by atoms with Gasteiger partial charge >= 0.3 is 0 Å². The molecule has 0 bridgehead atoms. The Labute approximate surface area is 210 Å². The minimum absolute atomic E-state index is 0.0859. The number of nitrogens with one attached hydrogen (secondary N) is 2. The van der Waals surface area contributed by atoms with E-state index in [0.717, 1.165) is 33.6 Å². The number of aromatic nitrogens is 3. The van der Waals surface area contributed by atoms with Gasteiger partial charge in [-0.25, -0.2) is 0 Å². The molecule has 2 N–H and O–H groups in total. The number of hydrogen-bond donors (Lipinski definition) is 2. The van der Waals surface area contributed by atoms with E-state index in [4.69, 9.17) is 0 Å². The van der Waals surface area contributed by atoms with E-state index >= 15 is 0 Å². The number of pyridine rings is 1. The average Bonchev–Trinajstić information content (AvgIpc) is 3.55. The molecule has 0 aliphatic heterocycles. The summed E-state index contributed by atoms with van der Waals surface area (Å²) in [7, 11) is 0. The molecule has 176 valence electrons. The van der Waals surface area contributed by atoms with Gasteiger partial charge in [-0.3, -0.25) is 24.5 Å². The summed E-state index contributed by atoms with van der Waals surface area (Å²) in [6, 6.07) is 21.1. The van der Waals surface area contributed by atoms with Crippen LogP contribution in [0.5, 0.6) is 0 Å². The number of carbonyl (C=O) groups excluding carboxylic acids is 3. The first kappa shape index (κ1) is 23.1. The second-order valence-corrected chi connectivity index (χ2v) is 9.13. The van der Waals surface area contributed by atoms with Gasteiger partial charge in [-0.05, 0) is 67.6 Å². The predicted molar refractivity (Wildman–Crippen MR) is 141 cm³/mol. The number of rotatable bonds is 7. The molecule has 1 amide bonds. The number of aromatic amines is 1.